The fourth-order valence-electron chi connectivity index (χ4n) is 4.43. The Kier molecular flexibility index (Phi) is 6.68. The summed E-state index contributed by atoms with van der Waals surface area (Å²) in [5, 5.41) is 0. The molecule has 0 unspecified atom stereocenters. The van der Waals surface area contributed by atoms with E-state index in [2.05, 4.69) is 35.1 Å². The van der Waals surface area contributed by atoms with E-state index in [1.165, 1.54) is 6.20 Å². The molecular formula is C26H29N5O2. The molecule has 2 amide bonds. The topological polar surface area (TPSA) is 92.4 Å². The Morgan fingerprint density at radius 2 is 1.82 bits per heavy atom. The highest BCUT2D eigenvalue weighted by Gasteiger charge is 2.38. The molecular weight excluding hydrogens is 414 g/mol. The van der Waals surface area contributed by atoms with Crippen LogP contribution >= 0.6 is 0 Å². The first-order chi connectivity index (χ1) is 16.0. The summed E-state index contributed by atoms with van der Waals surface area (Å²) < 4.78 is 0. The van der Waals surface area contributed by atoms with Crippen molar-refractivity contribution in [1.82, 2.24) is 19.8 Å². The predicted octanol–water partition coefficient (Wildman–Crippen LogP) is 3.34. The molecule has 4 rings (SSSR count). The van der Waals surface area contributed by atoms with Crippen molar-refractivity contribution in [3.63, 3.8) is 0 Å². The normalized spacial score (nSPS) is 16.2. The van der Waals surface area contributed by atoms with Crippen LogP contribution in [0.3, 0.4) is 0 Å². The number of nitrogens with two attached hydrogens (primary N) is 1. The highest BCUT2D eigenvalue weighted by molar-refractivity contribution is 5.99. The molecule has 0 bridgehead atoms. The van der Waals surface area contributed by atoms with E-state index in [4.69, 9.17) is 5.73 Å². The zero-order valence-electron chi connectivity index (χ0n) is 19.1. The molecule has 7 heteroatoms. The SMILES string of the molecule is CCCN1CCN(C(=O)c2cnc(N)nc2C)[C@H](Cc2ccccc2-c2ccccc2)C1=O. The maximum atomic E-state index is 13.5. The van der Waals surface area contributed by atoms with Crippen LogP contribution in [-0.4, -0.2) is 57.3 Å². The lowest BCUT2D eigenvalue weighted by molar-refractivity contribution is -0.140. The highest BCUT2D eigenvalue weighted by Crippen LogP contribution is 2.27. The maximum absolute atomic E-state index is 13.5. The fourth-order valence-corrected chi connectivity index (χ4v) is 4.43. The first-order valence-corrected chi connectivity index (χ1v) is 11.3. The molecule has 3 aromatic rings. The third-order valence-corrected chi connectivity index (χ3v) is 6.08. The van der Waals surface area contributed by atoms with Crippen molar-refractivity contribution in [2.75, 3.05) is 25.4 Å². The molecule has 7 nitrogen and oxygen atoms in total. The van der Waals surface area contributed by atoms with Gasteiger partial charge in [-0.1, -0.05) is 61.5 Å². The number of anilines is 1. The molecule has 0 aliphatic carbocycles. The quantitative estimate of drug-likeness (QED) is 0.631. The van der Waals surface area contributed by atoms with Gasteiger partial charge in [0.1, 0.15) is 6.04 Å². The average molecular weight is 444 g/mol. The van der Waals surface area contributed by atoms with Crippen LogP contribution in [0.1, 0.15) is 35.0 Å². The molecule has 2 heterocycles. The number of amides is 2. The molecule has 2 N–H and O–H groups in total. The van der Waals surface area contributed by atoms with Crippen molar-refractivity contribution < 1.29 is 9.59 Å². The van der Waals surface area contributed by atoms with Crippen molar-refractivity contribution in [1.29, 1.82) is 0 Å². The number of nitrogen functional groups attached to an aromatic ring is 1. The van der Waals surface area contributed by atoms with Crippen LogP contribution in [0.5, 0.6) is 0 Å². The molecule has 1 aliphatic rings. The molecule has 0 radical (unpaired) electrons. The molecule has 1 aromatic heterocycles. The van der Waals surface area contributed by atoms with Crippen LogP contribution in [-0.2, 0) is 11.2 Å². The summed E-state index contributed by atoms with van der Waals surface area (Å²) in [4.78, 5) is 38.8. The van der Waals surface area contributed by atoms with Crippen molar-refractivity contribution in [2.45, 2.75) is 32.7 Å². The predicted molar refractivity (Wildman–Crippen MR) is 128 cm³/mol. The standard InChI is InChI=1S/C26H29N5O2/c1-3-13-30-14-15-31(24(32)22-17-28-26(27)29-18(22)2)23(25(30)33)16-20-11-7-8-12-21(20)19-9-5-4-6-10-19/h4-12,17,23H,3,13-16H2,1-2H3,(H2,27,28,29)/t23-/m1/s1. The maximum Gasteiger partial charge on any atom is 0.258 e. The molecule has 0 saturated carbocycles. The van der Waals surface area contributed by atoms with Crippen molar-refractivity contribution in [3.8, 4) is 11.1 Å². The Hall–Kier alpha value is -3.74. The van der Waals surface area contributed by atoms with E-state index in [-0.39, 0.29) is 17.8 Å². The molecule has 2 aromatic carbocycles. The van der Waals surface area contributed by atoms with Gasteiger partial charge in [-0.25, -0.2) is 9.97 Å². The molecule has 1 saturated heterocycles. The molecule has 1 fully saturated rings. The van der Waals surface area contributed by atoms with Gasteiger partial charge in [0.25, 0.3) is 5.91 Å². The van der Waals surface area contributed by atoms with Gasteiger partial charge in [0.2, 0.25) is 11.9 Å². The number of hydrogen-bond donors (Lipinski definition) is 1. The van der Waals surface area contributed by atoms with Gasteiger partial charge < -0.3 is 15.5 Å². The van der Waals surface area contributed by atoms with Gasteiger partial charge in [0.15, 0.2) is 0 Å². The van der Waals surface area contributed by atoms with Crippen LogP contribution in [0, 0.1) is 6.92 Å². The van der Waals surface area contributed by atoms with E-state index in [0.717, 1.165) is 23.1 Å². The Balaban J connectivity index is 1.70. The zero-order valence-corrected chi connectivity index (χ0v) is 19.1. The number of benzene rings is 2. The molecule has 1 atom stereocenters. The van der Waals surface area contributed by atoms with Crippen LogP contribution in [0.25, 0.3) is 11.1 Å². The summed E-state index contributed by atoms with van der Waals surface area (Å²) in [6, 6.07) is 17.6. The molecule has 33 heavy (non-hydrogen) atoms. The van der Waals surface area contributed by atoms with Gasteiger partial charge in [-0.3, -0.25) is 9.59 Å². The number of rotatable bonds is 6. The minimum atomic E-state index is -0.598. The highest BCUT2D eigenvalue weighted by atomic mass is 16.2. The minimum Gasteiger partial charge on any atom is -0.368 e. The fraction of sp³-hybridized carbons (Fsp3) is 0.308. The lowest BCUT2D eigenvalue weighted by Crippen LogP contribution is -2.59. The Bertz CT molecular complexity index is 1150. The monoisotopic (exact) mass is 443 g/mol. The second-order valence-corrected chi connectivity index (χ2v) is 8.29. The second kappa shape index (κ2) is 9.81. The number of carbonyl (C=O) groups is 2. The van der Waals surface area contributed by atoms with Crippen LogP contribution in [0.15, 0.2) is 60.8 Å². The minimum absolute atomic E-state index is 0.0201. The van der Waals surface area contributed by atoms with Crippen LogP contribution < -0.4 is 5.73 Å². The number of carbonyl (C=O) groups excluding carboxylic acids is 2. The van der Waals surface area contributed by atoms with Gasteiger partial charge >= 0.3 is 0 Å². The number of piperazine rings is 1. The van der Waals surface area contributed by atoms with Gasteiger partial charge in [-0.05, 0) is 30.0 Å². The van der Waals surface area contributed by atoms with Crippen LogP contribution in [0.4, 0.5) is 5.95 Å². The van der Waals surface area contributed by atoms with Gasteiger partial charge in [-0.15, -0.1) is 0 Å². The van der Waals surface area contributed by atoms with E-state index in [1.807, 2.05) is 41.3 Å². The number of aromatic nitrogens is 2. The van der Waals surface area contributed by atoms with E-state index in [9.17, 15) is 9.59 Å². The van der Waals surface area contributed by atoms with Gasteiger partial charge in [0, 0.05) is 32.3 Å². The summed E-state index contributed by atoms with van der Waals surface area (Å²) in [5.41, 5.74) is 9.75. The summed E-state index contributed by atoms with van der Waals surface area (Å²) in [6.45, 7) is 5.46. The smallest absolute Gasteiger partial charge is 0.258 e. The van der Waals surface area contributed by atoms with Crippen molar-refractivity contribution in [2.24, 2.45) is 0 Å². The number of hydrogen-bond acceptors (Lipinski definition) is 5. The lowest BCUT2D eigenvalue weighted by Gasteiger charge is -2.41. The second-order valence-electron chi connectivity index (χ2n) is 8.29. The summed E-state index contributed by atoms with van der Waals surface area (Å²) >= 11 is 0. The van der Waals surface area contributed by atoms with Crippen molar-refractivity contribution in [3.05, 3.63) is 77.6 Å². The molecule has 1 aliphatic heterocycles. The van der Waals surface area contributed by atoms with Crippen LogP contribution in [0.2, 0.25) is 0 Å². The summed E-state index contributed by atoms with van der Waals surface area (Å²) in [5.74, 6) is -0.131. The molecule has 170 valence electrons. The summed E-state index contributed by atoms with van der Waals surface area (Å²) in [7, 11) is 0. The average Bonchev–Trinajstić information content (AvgIpc) is 2.82. The van der Waals surface area contributed by atoms with Gasteiger partial charge in [-0.2, -0.15) is 0 Å². The van der Waals surface area contributed by atoms with Crippen molar-refractivity contribution >= 4 is 17.8 Å². The number of aryl methyl sites for hydroxylation is 1. The largest absolute Gasteiger partial charge is 0.368 e. The first kappa shape index (κ1) is 22.5. The Morgan fingerprint density at radius 1 is 1.09 bits per heavy atom. The van der Waals surface area contributed by atoms with E-state index < -0.39 is 6.04 Å². The Labute approximate surface area is 194 Å². The van der Waals surface area contributed by atoms with E-state index in [0.29, 0.717) is 37.3 Å². The zero-order chi connectivity index (χ0) is 23.4. The lowest BCUT2D eigenvalue weighted by atomic mass is 9.93. The Morgan fingerprint density at radius 3 is 2.55 bits per heavy atom. The molecule has 0 spiro atoms. The van der Waals surface area contributed by atoms with Gasteiger partial charge in [0.05, 0.1) is 11.3 Å². The van der Waals surface area contributed by atoms with E-state index >= 15 is 0 Å². The van der Waals surface area contributed by atoms with E-state index in [1.54, 1.807) is 11.8 Å². The third kappa shape index (κ3) is 4.72. The number of nitrogens with zero attached hydrogens (tertiary/aromatic N) is 4. The third-order valence-electron chi connectivity index (χ3n) is 6.08. The first-order valence-electron chi connectivity index (χ1n) is 11.3. The summed E-state index contributed by atoms with van der Waals surface area (Å²) in [6.07, 6.45) is 2.76.